The molecular weight excluding hydrogens is 242 g/mol. The highest BCUT2D eigenvalue weighted by molar-refractivity contribution is 5.90. The molecule has 1 fully saturated rings. The monoisotopic (exact) mass is 261 g/mol. The average molecular weight is 261 g/mol. The number of nitrogens with zero attached hydrogens (tertiary/aromatic N) is 1. The predicted octanol–water partition coefficient (Wildman–Crippen LogP) is 1.72. The lowest BCUT2D eigenvalue weighted by Gasteiger charge is -2.31. The number of hydrogen-bond donors (Lipinski definition) is 2. The molecule has 0 aliphatic carbocycles. The van der Waals surface area contributed by atoms with E-state index in [1.165, 1.54) is 0 Å². The Morgan fingerprint density at radius 1 is 1.37 bits per heavy atom. The topological polar surface area (TPSA) is 75.4 Å². The van der Waals surface area contributed by atoms with Crippen LogP contribution in [0.3, 0.4) is 0 Å². The van der Waals surface area contributed by atoms with Crippen molar-refractivity contribution in [3.8, 4) is 0 Å². The van der Waals surface area contributed by atoms with Crippen LogP contribution >= 0.6 is 0 Å². The average Bonchev–Trinajstić information content (AvgIpc) is 2.41. The van der Waals surface area contributed by atoms with E-state index in [4.69, 9.17) is 5.73 Å². The van der Waals surface area contributed by atoms with Crippen molar-refractivity contribution in [3.05, 3.63) is 29.8 Å². The number of rotatable bonds is 2. The summed E-state index contributed by atoms with van der Waals surface area (Å²) >= 11 is 0. The van der Waals surface area contributed by atoms with Gasteiger partial charge in [-0.1, -0.05) is 18.2 Å². The largest absolute Gasteiger partial charge is 0.369 e. The van der Waals surface area contributed by atoms with Crippen LogP contribution in [0.2, 0.25) is 0 Å². The number of para-hydroxylation sites is 1. The van der Waals surface area contributed by atoms with Crippen molar-refractivity contribution in [1.82, 2.24) is 4.90 Å². The van der Waals surface area contributed by atoms with Crippen molar-refractivity contribution >= 4 is 17.6 Å². The standard InChI is InChI=1S/C14H19N3O2/c1-10-5-2-3-7-12(10)16-14(19)17-8-4-6-11(9-17)13(15)18/h2-3,5,7,11H,4,6,8-9H2,1H3,(H2,15,18)(H,16,19)/t11-/m0/s1. The smallest absolute Gasteiger partial charge is 0.321 e. The first-order chi connectivity index (χ1) is 9.08. The minimum Gasteiger partial charge on any atom is -0.369 e. The van der Waals surface area contributed by atoms with Crippen LogP contribution in [0.5, 0.6) is 0 Å². The molecule has 5 nitrogen and oxygen atoms in total. The van der Waals surface area contributed by atoms with E-state index in [-0.39, 0.29) is 17.9 Å². The molecule has 19 heavy (non-hydrogen) atoms. The van der Waals surface area contributed by atoms with E-state index in [2.05, 4.69) is 5.32 Å². The summed E-state index contributed by atoms with van der Waals surface area (Å²) in [6.07, 6.45) is 1.58. The highest BCUT2D eigenvalue weighted by atomic mass is 16.2. The third-order valence-electron chi connectivity index (χ3n) is 3.50. The third-order valence-corrected chi connectivity index (χ3v) is 3.50. The van der Waals surface area contributed by atoms with Gasteiger partial charge in [0.1, 0.15) is 0 Å². The Bertz CT molecular complexity index is 487. The van der Waals surface area contributed by atoms with Crippen LogP contribution in [0.15, 0.2) is 24.3 Å². The summed E-state index contributed by atoms with van der Waals surface area (Å²) < 4.78 is 0. The highest BCUT2D eigenvalue weighted by Crippen LogP contribution is 2.18. The number of benzene rings is 1. The van der Waals surface area contributed by atoms with Gasteiger partial charge in [-0.3, -0.25) is 4.79 Å². The van der Waals surface area contributed by atoms with Crippen molar-refractivity contribution in [2.45, 2.75) is 19.8 Å². The first-order valence-electron chi connectivity index (χ1n) is 6.49. The third kappa shape index (κ3) is 3.24. The van der Waals surface area contributed by atoms with Crippen LogP contribution in [-0.4, -0.2) is 29.9 Å². The van der Waals surface area contributed by atoms with Crippen LogP contribution in [0.4, 0.5) is 10.5 Å². The number of aryl methyl sites for hydroxylation is 1. The second kappa shape index (κ2) is 5.73. The molecule has 1 atom stereocenters. The number of anilines is 1. The zero-order valence-corrected chi connectivity index (χ0v) is 11.1. The van der Waals surface area contributed by atoms with Crippen molar-refractivity contribution < 1.29 is 9.59 Å². The summed E-state index contributed by atoms with van der Waals surface area (Å²) in [4.78, 5) is 25.0. The molecule has 1 aromatic carbocycles. The maximum Gasteiger partial charge on any atom is 0.321 e. The van der Waals surface area contributed by atoms with Gasteiger partial charge in [-0.15, -0.1) is 0 Å². The quantitative estimate of drug-likeness (QED) is 0.850. The zero-order chi connectivity index (χ0) is 13.8. The maximum atomic E-state index is 12.2. The zero-order valence-electron chi connectivity index (χ0n) is 11.1. The Hall–Kier alpha value is -2.04. The van der Waals surface area contributed by atoms with Gasteiger partial charge in [-0.05, 0) is 31.4 Å². The number of amides is 3. The molecule has 1 aliphatic rings. The van der Waals surface area contributed by atoms with Crippen molar-refractivity contribution in [2.75, 3.05) is 18.4 Å². The lowest BCUT2D eigenvalue weighted by atomic mass is 9.98. The van der Waals surface area contributed by atoms with E-state index in [0.717, 1.165) is 24.1 Å². The van der Waals surface area contributed by atoms with Gasteiger partial charge in [0, 0.05) is 18.8 Å². The van der Waals surface area contributed by atoms with Crippen molar-refractivity contribution in [2.24, 2.45) is 11.7 Å². The second-order valence-electron chi connectivity index (χ2n) is 4.93. The van der Waals surface area contributed by atoms with E-state index >= 15 is 0 Å². The molecule has 0 unspecified atom stereocenters. The fourth-order valence-corrected chi connectivity index (χ4v) is 2.30. The Morgan fingerprint density at radius 3 is 2.79 bits per heavy atom. The number of carbonyl (C=O) groups excluding carboxylic acids is 2. The molecule has 5 heteroatoms. The molecule has 0 aromatic heterocycles. The fraction of sp³-hybridized carbons (Fsp3) is 0.429. The molecule has 1 aliphatic heterocycles. The number of nitrogens with one attached hydrogen (secondary N) is 1. The molecule has 1 saturated heterocycles. The van der Waals surface area contributed by atoms with Gasteiger partial charge in [0.2, 0.25) is 5.91 Å². The summed E-state index contributed by atoms with van der Waals surface area (Å²) in [5, 5.41) is 2.87. The fourth-order valence-electron chi connectivity index (χ4n) is 2.30. The van der Waals surface area contributed by atoms with Crippen LogP contribution < -0.4 is 11.1 Å². The lowest BCUT2D eigenvalue weighted by Crippen LogP contribution is -2.45. The Kier molecular flexibility index (Phi) is 4.04. The molecule has 0 saturated carbocycles. The lowest BCUT2D eigenvalue weighted by molar-refractivity contribution is -0.123. The Labute approximate surface area is 112 Å². The van der Waals surface area contributed by atoms with Gasteiger partial charge < -0.3 is 16.0 Å². The van der Waals surface area contributed by atoms with Gasteiger partial charge in [0.15, 0.2) is 0 Å². The van der Waals surface area contributed by atoms with Gasteiger partial charge in [-0.2, -0.15) is 0 Å². The minimum absolute atomic E-state index is 0.166. The molecule has 0 radical (unpaired) electrons. The van der Waals surface area contributed by atoms with Gasteiger partial charge in [0.05, 0.1) is 5.92 Å². The van der Waals surface area contributed by atoms with Crippen molar-refractivity contribution in [3.63, 3.8) is 0 Å². The summed E-state index contributed by atoms with van der Waals surface area (Å²) in [6, 6.07) is 7.45. The Morgan fingerprint density at radius 2 is 2.11 bits per heavy atom. The molecular formula is C14H19N3O2. The number of carbonyl (C=O) groups is 2. The first-order valence-corrected chi connectivity index (χ1v) is 6.49. The summed E-state index contributed by atoms with van der Waals surface area (Å²) in [5.74, 6) is -0.551. The van der Waals surface area contributed by atoms with E-state index in [1.807, 2.05) is 31.2 Å². The van der Waals surface area contributed by atoms with Gasteiger partial charge in [0.25, 0.3) is 0 Å². The summed E-state index contributed by atoms with van der Waals surface area (Å²) in [6.45, 7) is 3.02. The SMILES string of the molecule is Cc1ccccc1NC(=O)N1CCC[C@H](C(N)=O)C1. The Balaban J connectivity index is 2.00. The normalized spacial score (nSPS) is 19.0. The summed E-state index contributed by atoms with van der Waals surface area (Å²) in [7, 11) is 0. The molecule has 1 heterocycles. The molecule has 3 amide bonds. The van der Waals surface area contributed by atoms with E-state index in [9.17, 15) is 9.59 Å². The number of primary amides is 1. The van der Waals surface area contributed by atoms with Crippen LogP contribution in [0.1, 0.15) is 18.4 Å². The highest BCUT2D eigenvalue weighted by Gasteiger charge is 2.27. The summed E-state index contributed by atoms with van der Waals surface area (Å²) in [5.41, 5.74) is 7.12. The van der Waals surface area contributed by atoms with Crippen LogP contribution in [0.25, 0.3) is 0 Å². The van der Waals surface area contributed by atoms with Crippen molar-refractivity contribution in [1.29, 1.82) is 0 Å². The minimum atomic E-state index is -0.326. The molecule has 102 valence electrons. The van der Waals surface area contributed by atoms with Gasteiger partial charge >= 0.3 is 6.03 Å². The first kappa shape index (κ1) is 13.4. The molecule has 3 N–H and O–H groups in total. The van der Waals surface area contributed by atoms with Crippen LogP contribution in [0, 0.1) is 12.8 Å². The molecule has 1 aromatic rings. The number of hydrogen-bond acceptors (Lipinski definition) is 2. The molecule has 0 bridgehead atoms. The van der Waals surface area contributed by atoms with E-state index < -0.39 is 0 Å². The van der Waals surface area contributed by atoms with Gasteiger partial charge in [-0.25, -0.2) is 4.79 Å². The van der Waals surface area contributed by atoms with E-state index in [0.29, 0.717) is 13.1 Å². The number of piperidine rings is 1. The maximum absolute atomic E-state index is 12.2. The van der Waals surface area contributed by atoms with Crippen LogP contribution in [-0.2, 0) is 4.79 Å². The van der Waals surface area contributed by atoms with E-state index in [1.54, 1.807) is 4.90 Å². The molecule has 0 spiro atoms. The second-order valence-corrected chi connectivity index (χ2v) is 4.93. The number of likely N-dealkylation sites (tertiary alicyclic amines) is 1. The number of urea groups is 1. The molecule has 2 rings (SSSR count). The predicted molar refractivity (Wildman–Crippen MR) is 73.7 cm³/mol. The number of nitrogens with two attached hydrogens (primary N) is 1.